The second-order valence-electron chi connectivity index (χ2n) is 5.06. The molecule has 1 aliphatic heterocycles. The van der Waals surface area contributed by atoms with Gasteiger partial charge in [-0.15, -0.1) is 5.10 Å². The van der Waals surface area contributed by atoms with E-state index >= 15 is 0 Å². The van der Waals surface area contributed by atoms with Crippen molar-refractivity contribution < 1.29 is 5.11 Å². The monoisotopic (exact) mass is 269 g/mol. The molecule has 104 valence electrons. The maximum atomic E-state index is 9.97. The lowest BCUT2D eigenvalue weighted by atomic mass is 10.1. The Kier molecular flexibility index (Phi) is 3.83. The molecule has 4 heteroatoms. The summed E-state index contributed by atoms with van der Waals surface area (Å²) in [5.41, 5.74) is 1.79. The summed E-state index contributed by atoms with van der Waals surface area (Å²) < 4.78 is 1.83. The Labute approximate surface area is 119 Å². The standard InChI is InChI=1S/C16H19N3O/c20-16-15(14-7-3-1-4-8-14)13-19(17-16)12-11-18-9-5-2-6-10-18/h1-5,7-8,13H,6,9-12H2,(H,17,20). The first-order valence-electron chi connectivity index (χ1n) is 7.02. The van der Waals surface area contributed by atoms with E-state index in [2.05, 4.69) is 22.2 Å². The maximum absolute atomic E-state index is 9.97. The topological polar surface area (TPSA) is 41.3 Å². The fraction of sp³-hybridized carbons (Fsp3) is 0.312. The van der Waals surface area contributed by atoms with Crippen LogP contribution < -0.4 is 0 Å². The van der Waals surface area contributed by atoms with E-state index in [0.717, 1.165) is 43.7 Å². The summed E-state index contributed by atoms with van der Waals surface area (Å²) in [4.78, 5) is 2.39. The number of aromatic hydroxyl groups is 1. The molecule has 0 saturated carbocycles. The molecule has 0 bridgehead atoms. The summed E-state index contributed by atoms with van der Waals surface area (Å²) in [5.74, 6) is 0.106. The Balaban J connectivity index is 1.68. The highest BCUT2D eigenvalue weighted by Gasteiger charge is 2.11. The van der Waals surface area contributed by atoms with Crippen molar-refractivity contribution in [3.8, 4) is 17.0 Å². The average Bonchev–Trinajstić information content (AvgIpc) is 2.88. The summed E-state index contributed by atoms with van der Waals surface area (Å²) >= 11 is 0. The van der Waals surface area contributed by atoms with Crippen LogP contribution in [0.15, 0.2) is 48.7 Å². The number of rotatable bonds is 4. The smallest absolute Gasteiger partial charge is 0.238 e. The molecule has 0 amide bonds. The zero-order chi connectivity index (χ0) is 13.8. The number of aromatic nitrogens is 2. The molecule has 0 radical (unpaired) electrons. The fourth-order valence-electron chi connectivity index (χ4n) is 2.48. The van der Waals surface area contributed by atoms with Crippen molar-refractivity contribution in [2.45, 2.75) is 13.0 Å². The lowest BCUT2D eigenvalue weighted by Crippen LogP contribution is -2.30. The van der Waals surface area contributed by atoms with Crippen LogP contribution in [0.2, 0.25) is 0 Å². The van der Waals surface area contributed by atoms with Gasteiger partial charge in [-0.2, -0.15) is 0 Å². The molecule has 0 atom stereocenters. The highest BCUT2D eigenvalue weighted by molar-refractivity contribution is 5.67. The lowest BCUT2D eigenvalue weighted by molar-refractivity contribution is 0.279. The Bertz CT molecular complexity index is 589. The lowest BCUT2D eigenvalue weighted by Gasteiger charge is -2.22. The van der Waals surface area contributed by atoms with Gasteiger partial charge in [0.1, 0.15) is 0 Å². The van der Waals surface area contributed by atoms with E-state index in [1.807, 2.05) is 41.2 Å². The van der Waals surface area contributed by atoms with Gasteiger partial charge in [-0.05, 0) is 12.0 Å². The van der Waals surface area contributed by atoms with Crippen LogP contribution in [0.25, 0.3) is 11.1 Å². The van der Waals surface area contributed by atoms with E-state index in [1.54, 1.807) is 0 Å². The van der Waals surface area contributed by atoms with Crippen LogP contribution in [0, 0.1) is 0 Å². The molecule has 1 N–H and O–H groups in total. The predicted molar refractivity (Wildman–Crippen MR) is 79.5 cm³/mol. The van der Waals surface area contributed by atoms with Gasteiger partial charge in [0.15, 0.2) is 0 Å². The van der Waals surface area contributed by atoms with Crippen molar-refractivity contribution in [3.05, 3.63) is 48.7 Å². The maximum Gasteiger partial charge on any atom is 0.238 e. The van der Waals surface area contributed by atoms with Gasteiger partial charge in [0.05, 0.1) is 12.1 Å². The van der Waals surface area contributed by atoms with Crippen LogP contribution in [-0.4, -0.2) is 39.4 Å². The van der Waals surface area contributed by atoms with Crippen LogP contribution in [0.3, 0.4) is 0 Å². The molecular weight excluding hydrogens is 250 g/mol. The zero-order valence-corrected chi connectivity index (χ0v) is 11.4. The van der Waals surface area contributed by atoms with E-state index in [0.29, 0.717) is 0 Å². The second kappa shape index (κ2) is 5.92. The Hall–Kier alpha value is -2.07. The molecule has 3 rings (SSSR count). The minimum absolute atomic E-state index is 0.106. The summed E-state index contributed by atoms with van der Waals surface area (Å²) in [5, 5.41) is 14.2. The van der Waals surface area contributed by atoms with Crippen LogP contribution in [-0.2, 0) is 6.54 Å². The normalized spacial score (nSPS) is 15.6. The van der Waals surface area contributed by atoms with Crippen molar-refractivity contribution in [1.82, 2.24) is 14.7 Å². The third kappa shape index (κ3) is 2.91. The molecule has 20 heavy (non-hydrogen) atoms. The van der Waals surface area contributed by atoms with Crippen LogP contribution in [0.1, 0.15) is 6.42 Å². The minimum atomic E-state index is 0.106. The zero-order valence-electron chi connectivity index (χ0n) is 11.4. The molecule has 1 aliphatic rings. The number of hydrogen-bond donors (Lipinski definition) is 1. The molecule has 0 fully saturated rings. The van der Waals surface area contributed by atoms with Crippen molar-refractivity contribution in [2.75, 3.05) is 19.6 Å². The molecule has 4 nitrogen and oxygen atoms in total. The number of benzene rings is 1. The van der Waals surface area contributed by atoms with E-state index in [1.165, 1.54) is 0 Å². The molecule has 2 heterocycles. The molecule has 2 aromatic rings. The quantitative estimate of drug-likeness (QED) is 0.867. The van der Waals surface area contributed by atoms with Gasteiger partial charge in [0.25, 0.3) is 0 Å². The average molecular weight is 269 g/mol. The summed E-state index contributed by atoms with van der Waals surface area (Å²) in [6.07, 6.45) is 7.48. The summed E-state index contributed by atoms with van der Waals surface area (Å²) in [6.45, 7) is 3.88. The van der Waals surface area contributed by atoms with E-state index in [9.17, 15) is 5.11 Å². The minimum Gasteiger partial charge on any atom is -0.492 e. The van der Waals surface area contributed by atoms with E-state index in [-0.39, 0.29) is 5.88 Å². The Morgan fingerprint density at radius 2 is 1.95 bits per heavy atom. The van der Waals surface area contributed by atoms with E-state index in [4.69, 9.17) is 0 Å². The SMILES string of the molecule is Oc1nn(CCN2CC=CCC2)cc1-c1ccccc1. The van der Waals surface area contributed by atoms with Gasteiger partial charge >= 0.3 is 0 Å². The van der Waals surface area contributed by atoms with E-state index < -0.39 is 0 Å². The molecule has 0 aliphatic carbocycles. The van der Waals surface area contributed by atoms with Crippen molar-refractivity contribution >= 4 is 0 Å². The predicted octanol–water partition coefficient (Wildman–Crippen LogP) is 2.52. The third-order valence-corrected chi connectivity index (χ3v) is 3.61. The van der Waals surface area contributed by atoms with Crippen molar-refractivity contribution in [1.29, 1.82) is 0 Å². The molecule has 0 unspecified atom stereocenters. The molecule has 0 saturated heterocycles. The number of hydrogen-bond acceptors (Lipinski definition) is 3. The Morgan fingerprint density at radius 3 is 2.70 bits per heavy atom. The van der Waals surface area contributed by atoms with Crippen LogP contribution in [0.4, 0.5) is 0 Å². The summed E-state index contributed by atoms with van der Waals surface area (Å²) in [7, 11) is 0. The fourth-order valence-corrected chi connectivity index (χ4v) is 2.48. The third-order valence-electron chi connectivity index (χ3n) is 3.61. The van der Waals surface area contributed by atoms with Gasteiger partial charge in [0, 0.05) is 25.8 Å². The van der Waals surface area contributed by atoms with Crippen LogP contribution >= 0.6 is 0 Å². The highest BCUT2D eigenvalue weighted by Crippen LogP contribution is 2.27. The Morgan fingerprint density at radius 1 is 1.10 bits per heavy atom. The molecule has 1 aromatic carbocycles. The second-order valence-corrected chi connectivity index (χ2v) is 5.06. The first-order chi connectivity index (χ1) is 9.83. The van der Waals surface area contributed by atoms with Gasteiger partial charge in [-0.25, -0.2) is 0 Å². The first-order valence-corrected chi connectivity index (χ1v) is 7.02. The van der Waals surface area contributed by atoms with Gasteiger partial charge in [-0.3, -0.25) is 9.58 Å². The highest BCUT2D eigenvalue weighted by atomic mass is 16.3. The summed E-state index contributed by atoms with van der Waals surface area (Å²) in [6, 6.07) is 9.86. The van der Waals surface area contributed by atoms with Gasteiger partial charge in [0.2, 0.25) is 5.88 Å². The van der Waals surface area contributed by atoms with Crippen LogP contribution in [0.5, 0.6) is 5.88 Å². The van der Waals surface area contributed by atoms with Gasteiger partial charge < -0.3 is 5.11 Å². The molecular formula is C16H19N3O. The van der Waals surface area contributed by atoms with Crippen molar-refractivity contribution in [3.63, 3.8) is 0 Å². The van der Waals surface area contributed by atoms with Gasteiger partial charge in [-0.1, -0.05) is 42.5 Å². The van der Waals surface area contributed by atoms with Crippen molar-refractivity contribution in [2.24, 2.45) is 0 Å². The molecule has 0 spiro atoms. The number of nitrogens with zero attached hydrogens (tertiary/aromatic N) is 3. The largest absolute Gasteiger partial charge is 0.492 e. The first kappa shape index (κ1) is 12.9. The molecule has 1 aromatic heterocycles.